The number of aromatic amines is 1. The average molecular weight is 431 g/mol. The molecule has 9 nitrogen and oxygen atoms in total. The van der Waals surface area contributed by atoms with Crippen LogP contribution in [0.15, 0.2) is 35.3 Å². The van der Waals surface area contributed by atoms with Crippen molar-refractivity contribution in [2.75, 3.05) is 11.9 Å². The van der Waals surface area contributed by atoms with E-state index in [0.29, 0.717) is 22.3 Å². The zero-order valence-corrected chi connectivity index (χ0v) is 18.1. The van der Waals surface area contributed by atoms with Gasteiger partial charge in [-0.15, -0.1) is 0 Å². The van der Waals surface area contributed by atoms with Crippen LogP contribution < -0.4 is 10.9 Å². The smallest absolute Gasteiger partial charge is 0.263 e. The molecule has 1 aromatic carbocycles. The van der Waals surface area contributed by atoms with E-state index < -0.39 is 22.8 Å². The summed E-state index contributed by atoms with van der Waals surface area (Å²) in [6.45, 7) is 5.16. The molecule has 0 fully saturated rings. The first kappa shape index (κ1) is 21.1. The Bertz CT molecular complexity index is 1380. The van der Waals surface area contributed by atoms with Crippen molar-refractivity contribution in [3.05, 3.63) is 57.5 Å². The van der Waals surface area contributed by atoms with E-state index in [1.165, 1.54) is 0 Å². The summed E-state index contributed by atoms with van der Waals surface area (Å²) in [7, 11) is 1.71. The lowest BCUT2D eigenvalue weighted by Gasteiger charge is -2.16. The highest BCUT2D eigenvalue weighted by Crippen LogP contribution is 2.22. The Morgan fingerprint density at radius 3 is 2.34 bits per heavy atom. The lowest BCUT2D eigenvalue weighted by atomic mass is 9.96. The number of aromatic nitrogens is 3. The van der Waals surface area contributed by atoms with Gasteiger partial charge in [-0.1, -0.05) is 44.7 Å². The van der Waals surface area contributed by atoms with Crippen LogP contribution in [0.1, 0.15) is 47.1 Å². The molecule has 1 aliphatic rings. The van der Waals surface area contributed by atoms with Crippen LogP contribution in [-0.4, -0.2) is 43.7 Å². The summed E-state index contributed by atoms with van der Waals surface area (Å²) >= 11 is 0. The summed E-state index contributed by atoms with van der Waals surface area (Å²) in [4.78, 5) is 57.8. The molecule has 2 N–H and O–H groups in total. The van der Waals surface area contributed by atoms with Gasteiger partial charge in [0.1, 0.15) is 0 Å². The third-order valence-electron chi connectivity index (χ3n) is 5.08. The van der Waals surface area contributed by atoms with Crippen molar-refractivity contribution < 1.29 is 14.4 Å². The summed E-state index contributed by atoms with van der Waals surface area (Å²) in [5, 5.41) is 2.87. The lowest BCUT2D eigenvalue weighted by molar-refractivity contribution is -0.123. The summed E-state index contributed by atoms with van der Waals surface area (Å²) in [6, 6.07) is 6.61. The van der Waals surface area contributed by atoms with Crippen LogP contribution in [0.5, 0.6) is 0 Å². The van der Waals surface area contributed by atoms with Gasteiger partial charge in [0.15, 0.2) is 5.65 Å². The van der Waals surface area contributed by atoms with E-state index in [9.17, 15) is 19.2 Å². The van der Waals surface area contributed by atoms with E-state index >= 15 is 0 Å². The molecule has 3 heterocycles. The molecule has 2 aromatic heterocycles. The van der Waals surface area contributed by atoms with Gasteiger partial charge in [-0.05, 0) is 12.1 Å². The van der Waals surface area contributed by atoms with Crippen LogP contribution in [-0.2, 0) is 11.8 Å². The number of H-pyrrole nitrogens is 1. The molecule has 0 spiro atoms. The van der Waals surface area contributed by atoms with Gasteiger partial charge in [0.05, 0.1) is 28.6 Å². The number of hydrogen-bond donors (Lipinski definition) is 2. The molecule has 0 bridgehead atoms. The van der Waals surface area contributed by atoms with Gasteiger partial charge in [0.2, 0.25) is 11.9 Å². The van der Waals surface area contributed by atoms with Crippen LogP contribution in [0.2, 0.25) is 0 Å². The minimum absolute atomic E-state index is 0.0501. The van der Waals surface area contributed by atoms with Crippen LogP contribution in [0, 0.1) is 17.3 Å². The summed E-state index contributed by atoms with van der Waals surface area (Å²) in [6.07, 6.45) is 1.64. The molecule has 9 heteroatoms. The summed E-state index contributed by atoms with van der Waals surface area (Å²) in [5.41, 5.74) is 0.363. The van der Waals surface area contributed by atoms with E-state index in [2.05, 4.69) is 27.1 Å². The molecule has 32 heavy (non-hydrogen) atoms. The minimum Gasteiger partial charge on any atom is -0.334 e. The maximum absolute atomic E-state index is 12.7. The van der Waals surface area contributed by atoms with Crippen molar-refractivity contribution in [3.8, 4) is 11.8 Å². The Morgan fingerprint density at radius 2 is 1.75 bits per heavy atom. The van der Waals surface area contributed by atoms with Gasteiger partial charge in [0, 0.05) is 18.7 Å². The number of nitrogens with one attached hydrogen (secondary N) is 2. The number of nitrogens with zero attached hydrogens (tertiary/aromatic N) is 3. The summed E-state index contributed by atoms with van der Waals surface area (Å²) in [5.74, 6) is 4.66. The van der Waals surface area contributed by atoms with E-state index in [1.54, 1.807) is 62.8 Å². The van der Waals surface area contributed by atoms with Crippen LogP contribution in [0.3, 0.4) is 0 Å². The van der Waals surface area contributed by atoms with Gasteiger partial charge in [-0.25, -0.2) is 0 Å². The zero-order chi connectivity index (χ0) is 23.2. The molecule has 0 atom stereocenters. The van der Waals surface area contributed by atoms with Gasteiger partial charge in [-0.2, -0.15) is 4.98 Å². The molecule has 0 unspecified atom stereocenters. The number of hydrogen-bond acceptors (Lipinski definition) is 5. The Balaban J connectivity index is 1.62. The highest BCUT2D eigenvalue weighted by Gasteiger charge is 2.34. The number of carbonyl (C=O) groups excluding carboxylic acids is 3. The van der Waals surface area contributed by atoms with E-state index in [-0.39, 0.29) is 23.8 Å². The van der Waals surface area contributed by atoms with E-state index in [1.807, 2.05) is 0 Å². The number of anilines is 1. The molecule has 4 rings (SSSR count). The first-order valence-electron chi connectivity index (χ1n) is 9.93. The van der Waals surface area contributed by atoms with Gasteiger partial charge >= 0.3 is 0 Å². The molecule has 162 valence electrons. The fraction of sp³-hybridized carbons (Fsp3) is 0.261. The number of rotatable bonds is 2. The molecule has 0 radical (unpaired) electrons. The fourth-order valence-electron chi connectivity index (χ4n) is 3.32. The Hall–Kier alpha value is -4.19. The number of fused-ring (bicyclic) bond motifs is 2. The minimum atomic E-state index is -0.650. The molecule has 0 aliphatic carbocycles. The van der Waals surface area contributed by atoms with Crippen molar-refractivity contribution >= 4 is 34.7 Å². The number of carbonyl (C=O) groups is 3. The van der Waals surface area contributed by atoms with E-state index in [4.69, 9.17) is 0 Å². The van der Waals surface area contributed by atoms with Gasteiger partial charge in [0.25, 0.3) is 17.4 Å². The zero-order valence-electron chi connectivity index (χ0n) is 18.1. The first-order chi connectivity index (χ1) is 15.1. The second-order valence-corrected chi connectivity index (χ2v) is 8.51. The van der Waals surface area contributed by atoms with E-state index in [0.717, 1.165) is 4.90 Å². The van der Waals surface area contributed by atoms with Crippen LogP contribution >= 0.6 is 0 Å². The highest BCUT2D eigenvalue weighted by atomic mass is 16.2. The maximum Gasteiger partial charge on any atom is 0.263 e. The van der Waals surface area contributed by atoms with Crippen molar-refractivity contribution in [3.63, 3.8) is 0 Å². The van der Waals surface area contributed by atoms with Crippen LogP contribution in [0.25, 0.3) is 11.0 Å². The number of aryl methyl sites for hydroxylation is 1. The van der Waals surface area contributed by atoms with Gasteiger partial charge < -0.3 is 4.57 Å². The monoisotopic (exact) mass is 431 g/mol. The molecular weight excluding hydrogens is 410 g/mol. The van der Waals surface area contributed by atoms with Crippen molar-refractivity contribution in [2.24, 2.45) is 12.5 Å². The Kier molecular flexibility index (Phi) is 4.93. The molecule has 3 aromatic rings. The molecule has 3 amide bonds. The topological polar surface area (TPSA) is 117 Å². The predicted molar refractivity (Wildman–Crippen MR) is 118 cm³/mol. The second-order valence-electron chi connectivity index (χ2n) is 8.51. The first-order valence-corrected chi connectivity index (χ1v) is 9.93. The van der Waals surface area contributed by atoms with Gasteiger partial charge in [-0.3, -0.25) is 34.4 Å². The SMILES string of the molecule is Cn1cc(C#CCN2C(=O)c3ccccc3C2=O)c2c(=O)[nH]c(NC(=O)C(C)(C)C)nc21. The van der Waals surface area contributed by atoms with Crippen molar-refractivity contribution in [1.29, 1.82) is 0 Å². The third-order valence-corrected chi connectivity index (χ3v) is 5.08. The normalized spacial score (nSPS) is 13.2. The van der Waals surface area contributed by atoms with Crippen LogP contribution in [0.4, 0.5) is 5.95 Å². The molecule has 0 saturated carbocycles. The number of imide groups is 1. The van der Waals surface area contributed by atoms with Crippen molar-refractivity contribution in [1.82, 2.24) is 19.4 Å². The maximum atomic E-state index is 12.7. The highest BCUT2D eigenvalue weighted by molar-refractivity contribution is 6.21. The molecule has 0 saturated heterocycles. The second kappa shape index (κ2) is 7.50. The quantitative estimate of drug-likeness (QED) is 0.475. The largest absolute Gasteiger partial charge is 0.334 e. The molecular formula is C23H21N5O4. The molecule has 1 aliphatic heterocycles. The standard InChI is InChI=1S/C23H21N5O4/c1-23(2,3)21(32)26-22-24-17-16(18(29)25-22)13(12-27(17)4)8-7-11-28-19(30)14-9-5-6-10-15(14)20(28)31/h5-6,9-10,12H,11H2,1-4H3,(H2,24,25,26,29,32). The summed E-state index contributed by atoms with van der Waals surface area (Å²) < 4.78 is 1.63. The number of amides is 3. The Labute approximate surface area is 183 Å². The lowest BCUT2D eigenvalue weighted by Crippen LogP contribution is -2.30. The van der Waals surface area contributed by atoms with Crippen molar-refractivity contribution in [2.45, 2.75) is 20.8 Å². The average Bonchev–Trinajstić information content (AvgIpc) is 3.17. The Morgan fingerprint density at radius 1 is 1.12 bits per heavy atom. The fourth-order valence-corrected chi connectivity index (χ4v) is 3.32. The number of benzene rings is 1. The predicted octanol–water partition coefficient (Wildman–Crippen LogP) is 1.89. The third kappa shape index (κ3) is 3.56.